The molecule has 1 aliphatic heterocycles. The Morgan fingerprint density at radius 1 is 1.06 bits per heavy atom. The molecule has 0 saturated heterocycles. The van der Waals surface area contributed by atoms with Gasteiger partial charge in [-0.15, -0.1) is 0 Å². The molecule has 1 unspecified atom stereocenters. The zero-order valence-electron chi connectivity index (χ0n) is 9.49. The minimum atomic E-state index is 0.549. The predicted octanol–water partition coefficient (Wildman–Crippen LogP) is 3.87. The van der Waals surface area contributed by atoms with Gasteiger partial charge in [0.25, 0.3) is 0 Å². The molecule has 1 heterocycles. The van der Waals surface area contributed by atoms with E-state index in [-0.39, 0.29) is 0 Å². The number of nitrogens with one attached hydrogen (secondary N) is 1. The van der Waals surface area contributed by atoms with Crippen LogP contribution in [0.3, 0.4) is 0 Å². The zero-order chi connectivity index (χ0) is 11.7. The molecule has 0 spiro atoms. The van der Waals surface area contributed by atoms with Crippen LogP contribution in [-0.4, -0.2) is 6.04 Å². The standard InChI is InChI=1S/C15H14IN/c16-13-7-5-11(6-8-13)9-14-10-12-3-1-2-4-15(12)17-14/h1-8,14,17H,9-10H2. The first-order chi connectivity index (χ1) is 8.31. The van der Waals surface area contributed by atoms with Crippen LogP contribution in [0.4, 0.5) is 5.69 Å². The summed E-state index contributed by atoms with van der Waals surface area (Å²) >= 11 is 2.35. The fraction of sp³-hybridized carbons (Fsp3) is 0.200. The molecule has 1 nitrogen and oxygen atoms in total. The van der Waals surface area contributed by atoms with Gasteiger partial charge in [-0.1, -0.05) is 30.3 Å². The molecule has 0 saturated carbocycles. The largest absolute Gasteiger partial charge is 0.381 e. The monoisotopic (exact) mass is 335 g/mol. The Labute approximate surface area is 115 Å². The Morgan fingerprint density at radius 3 is 2.59 bits per heavy atom. The van der Waals surface area contributed by atoms with Crippen molar-refractivity contribution in [1.29, 1.82) is 0 Å². The molecule has 2 aromatic carbocycles. The maximum atomic E-state index is 3.60. The average molecular weight is 335 g/mol. The van der Waals surface area contributed by atoms with Gasteiger partial charge >= 0.3 is 0 Å². The van der Waals surface area contributed by atoms with Crippen molar-refractivity contribution in [2.24, 2.45) is 0 Å². The smallest absolute Gasteiger partial charge is 0.0375 e. The summed E-state index contributed by atoms with van der Waals surface area (Å²) in [5, 5.41) is 3.60. The van der Waals surface area contributed by atoms with E-state index in [1.165, 1.54) is 20.4 Å². The lowest BCUT2D eigenvalue weighted by atomic mass is 10.0. The fourth-order valence-corrected chi connectivity index (χ4v) is 2.76. The summed E-state index contributed by atoms with van der Waals surface area (Å²) in [6.45, 7) is 0. The van der Waals surface area contributed by atoms with Gasteiger partial charge in [0.2, 0.25) is 0 Å². The third-order valence-corrected chi connectivity index (χ3v) is 3.96. The molecule has 0 aromatic heterocycles. The second-order valence-corrected chi connectivity index (χ2v) is 5.78. The molecule has 1 aliphatic rings. The number of benzene rings is 2. The van der Waals surface area contributed by atoms with E-state index in [1.54, 1.807) is 0 Å². The molecule has 2 aromatic rings. The molecule has 17 heavy (non-hydrogen) atoms. The van der Waals surface area contributed by atoms with Crippen molar-refractivity contribution < 1.29 is 0 Å². The van der Waals surface area contributed by atoms with Crippen molar-refractivity contribution in [1.82, 2.24) is 0 Å². The van der Waals surface area contributed by atoms with E-state index in [4.69, 9.17) is 0 Å². The van der Waals surface area contributed by atoms with E-state index in [2.05, 4.69) is 76.4 Å². The molecule has 3 rings (SSSR count). The molecule has 0 fully saturated rings. The van der Waals surface area contributed by atoms with Crippen LogP contribution in [0.2, 0.25) is 0 Å². The zero-order valence-corrected chi connectivity index (χ0v) is 11.6. The molecular formula is C15H14IN. The van der Waals surface area contributed by atoms with Crippen molar-refractivity contribution >= 4 is 28.3 Å². The van der Waals surface area contributed by atoms with Crippen LogP contribution in [0.5, 0.6) is 0 Å². The van der Waals surface area contributed by atoms with Crippen LogP contribution < -0.4 is 5.32 Å². The van der Waals surface area contributed by atoms with E-state index in [0.29, 0.717) is 6.04 Å². The van der Waals surface area contributed by atoms with E-state index in [0.717, 1.165) is 12.8 Å². The van der Waals surface area contributed by atoms with Crippen molar-refractivity contribution in [3.05, 3.63) is 63.2 Å². The Hall–Kier alpha value is -1.03. The molecular weight excluding hydrogens is 321 g/mol. The first-order valence-electron chi connectivity index (χ1n) is 5.90. The van der Waals surface area contributed by atoms with Crippen molar-refractivity contribution in [3.63, 3.8) is 0 Å². The van der Waals surface area contributed by atoms with E-state index >= 15 is 0 Å². The summed E-state index contributed by atoms with van der Waals surface area (Å²) in [6.07, 6.45) is 2.24. The second-order valence-electron chi connectivity index (χ2n) is 4.53. The maximum Gasteiger partial charge on any atom is 0.0375 e. The number of hydrogen-bond acceptors (Lipinski definition) is 1. The van der Waals surface area contributed by atoms with Gasteiger partial charge in [0.05, 0.1) is 0 Å². The normalized spacial score (nSPS) is 17.6. The number of hydrogen-bond donors (Lipinski definition) is 1. The first kappa shape index (κ1) is 11.1. The Bertz CT molecular complexity index is 494. The van der Waals surface area contributed by atoms with Crippen molar-refractivity contribution in [3.8, 4) is 0 Å². The van der Waals surface area contributed by atoms with Crippen LogP contribution in [0, 0.1) is 3.57 Å². The summed E-state index contributed by atoms with van der Waals surface area (Å²) in [5.41, 5.74) is 4.17. The number of halogens is 1. The van der Waals surface area contributed by atoms with Crippen LogP contribution >= 0.6 is 22.6 Å². The fourth-order valence-electron chi connectivity index (χ4n) is 2.40. The second kappa shape index (κ2) is 4.69. The van der Waals surface area contributed by atoms with E-state index < -0.39 is 0 Å². The number of rotatable bonds is 2. The van der Waals surface area contributed by atoms with Gasteiger partial charge in [-0.3, -0.25) is 0 Å². The number of anilines is 1. The van der Waals surface area contributed by atoms with Crippen molar-refractivity contribution in [2.75, 3.05) is 5.32 Å². The summed E-state index contributed by atoms with van der Waals surface area (Å²) in [6, 6.07) is 18.0. The molecule has 1 N–H and O–H groups in total. The van der Waals surface area contributed by atoms with Crippen LogP contribution in [0.15, 0.2) is 48.5 Å². The van der Waals surface area contributed by atoms with Gasteiger partial charge in [-0.05, 0) is 64.8 Å². The molecule has 0 aliphatic carbocycles. The third-order valence-electron chi connectivity index (χ3n) is 3.24. The average Bonchev–Trinajstić information content (AvgIpc) is 2.74. The summed E-state index contributed by atoms with van der Waals surface area (Å²) in [7, 11) is 0. The van der Waals surface area contributed by atoms with Crippen LogP contribution in [0.1, 0.15) is 11.1 Å². The molecule has 86 valence electrons. The topological polar surface area (TPSA) is 12.0 Å². The minimum absolute atomic E-state index is 0.549. The number of fused-ring (bicyclic) bond motifs is 1. The summed E-state index contributed by atoms with van der Waals surface area (Å²) in [4.78, 5) is 0. The highest BCUT2D eigenvalue weighted by molar-refractivity contribution is 14.1. The number of para-hydroxylation sites is 1. The van der Waals surface area contributed by atoms with Crippen LogP contribution in [0.25, 0.3) is 0 Å². The van der Waals surface area contributed by atoms with Gasteiger partial charge in [-0.25, -0.2) is 0 Å². The summed E-state index contributed by atoms with van der Waals surface area (Å²) < 4.78 is 1.30. The highest BCUT2D eigenvalue weighted by Crippen LogP contribution is 2.26. The quantitative estimate of drug-likeness (QED) is 0.822. The third kappa shape index (κ3) is 2.46. The Kier molecular flexibility index (Phi) is 3.05. The SMILES string of the molecule is Ic1ccc(CC2Cc3ccccc3N2)cc1. The minimum Gasteiger partial charge on any atom is -0.381 e. The molecule has 0 radical (unpaired) electrons. The van der Waals surface area contributed by atoms with Gasteiger partial charge in [0.1, 0.15) is 0 Å². The van der Waals surface area contributed by atoms with Gasteiger partial charge < -0.3 is 5.32 Å². The molecule has 1 atom stereocenters. The van der Waals surface area contributed by atoms with Gasteiger partial charge in [0.15, 0.2) is 0 Å². The predicted molar refractivity (Wildman–Crippen MR) is 80.4 cm³/mol. The maximum absolute atomic E-state index is 3.60. The highest BCUT2D eigenvalue weighted by Gasteiger charge is 2.19. The molecule has 0 amide bonds. The lowest BCUT2D eigenvalue weighted by Crippen LogP contribution is -2.18. The Balaban J connectivity index is 1.71. The van der Waals surface area contributed by atoms with Gasteiger partial charge in [-0.2, -0.15) is 0 Å². The first-order valence-corrected chi connectivity index (χ1v) is 6.98. The molecule has 2 heteroatoms. The van der Waals surface area contributed by atoms with E-state index in [9.17, 15) is 0 Å². The summed E-state index contributed by atoms with van der Waals surface area (Å²) in [5.74, 6) is 0. The lowest BCUT2D eigenvalue weighted by molar-refractivity contribution is 0.746. The van der Waals surface area contributed by atoms with E-state index in [1.807, 2.05) is 0 Å². The van der Waals surface area contributed by atoms with Crippen LogP contribution in [-0.2, 0) is 12.8 Å². The Morgan fingerprint density at radius 2 is 1.82 bits per heavy atom. The highest BCUT2D eigenvalue weighted by atomic mass is 127. The lowest BCUT2D eigenvalue weighted by Gasteiger charge is -2.11. The van der Waals surface area contributed by atoms with Gasteiger partial charge in [0, 0.05) is 15.3 Å². The molecule has 0 bridgehead atoms. The van der Waals surface area contributed by atoms with Crippen molar-refractivity contribution in [2.45, 2.75) is 18.9 Å².